The summed E-state index contributed by atoms with van der Waals surface area (Å²) in [4.78, 5) is 5.53. The topological polar surface area (TPSA) is 64.1 Å². The van der Waals surface area contributed by atoms with Crippen LogP contribution in [0.15, 0.2) is 52.4 Å². The van der Waals surface area contributed by atoms with Crippen LogP contribution >= 0.6 is 11.8 Å². The number of hydrogen-bond donors (Lipinski definition) is 2. The molecular formula is C20H27N3O3S. The second kappa shape index (κ2) is 11.2. The van der Waals surface area contributed by atoms with Gasteiger partial charge in [0.25, 0.3) is 0 Å². The van der Waals surface area contributed by atoms with Gasteiger partial charge in [-0.3, -0.25) is 4.99 Å². The maximum atomic E-state index is 5.48. The fourth-order valence-corrected chi connectivity index (χ4v) is 3.29. The highest BCUT2D eigenvalue weighted by Gasteiger charge is 2.13. The van der Waals surface area contributed by atoms with Crippen molar-refractivity contribution in [3.05, 3.63) is 48.0 Å². The van der Waals surface area contributed by atoms with E-state index in [1.807, 2.05) is 30.3 Å². The molecule has 0 unspecified atom stereocenters. The van der Waals surface area contributed by atoms with Gasteiger partial charge in [0, 0.05) is 36.4 Å². The number of rotatable bonds is 9. The molecule has 0 amide bonds. The zero-order valence-corrected chi connectivity index (χ0v) is 17.1. The number of thioether (sulfide) groups is 1. The van der Waals surface area contributed by atoms with Crippen LogP contribution in [0.4, 0.5) is 0 Å². The lowest BCUT2D eigenvalue weighted by Gasteiger charge is -2.17. The zero-order valence-electron chi connectivity index (χ0n) is 16.2. The Hall–Kier alpha value is -2.54. The third-order valence-electron chi connectivity index (χ3n) is 3.88. The van der Waals surface area contributed by atoms with Crippen LogP contribution in [0.25, 0.3) is 0 Å². The van der Waals surface area contributed by atoms with E-state index in [-0.39, 0.29) is 0 Å². The van der Waals surface area contributed by atoms with Gasteiger partial charge in [-0.1, -0.05) is 18.2 Å². The van der Waals surface area contributed by atoms with Crippen LogP contribution in [0.2, 0.25) is 0 Å². The van der Waals surface area contributed by atoms with Crippen molar-refractivity contribution in [1.82, 2.24) is 10.6 Å². The molecule has 2 rings (SSSR count). The Bertz CT molecular complexity index is 714. The van der Waals surface area contributed by atoms with E-state index < -0.39 is 0 Å². The normalized spacial score (nSPS) is 11.0. The molecule has 0 aromatic heterocycles. The highest BCUT2D eigenvalue weighted by Crippen LogP contribution is 2.33. The van der Waals surface area contributed by atoms with Gasteiger partial charge < -0.3 is 24.8 Å². The summed E-state index contributed by atoms with van der Waals surface area (Å²) in [6.45, 7) is 1.32. The highest BCUT2D eigenvalue weighted by atomic mass is 32.2. The van der Waals surface area contributed by atoms with Crippen LogP contribution in [0.3, 0.4) is 0 Å². The van der Waals surface area contributed by atoms with Crippen molar-refractivity contribution in [1.29, 1.82) is 0 Å². The Morgan fingerprint density at radius 2 is 1.63 bits per heavy atom. The standard InChI is InChI=1S/C20H27N3O3S/c1-21-20(22-10-11-27-16-8-6-5-7-9-16)23-14-17-18(25-3)12-15(24-2)13-19(17)26-4/h5-9,12-13H,10-11,14H2,1-4H3,(H2,21,22,23). The molecule has 7 heteroatoms. The van der Waals surface area contributed by atoms with E-state index in [0.29, 0.717) is 23.8 Å². The summed E-state index contributed by atoms with van der Waals surface area (Å²) in [5.74, 6) is 3.76. The fraction of sp³-hybridized carbons (Fsp3) is 0.350. The van der Waals surface area contributed by atoms with Gasteiger partial charge in [0.15, 0.2) is 5.96 Å². The van der Waals surface area contributed by atoms with Crippen molar-refractivity contribution in [3.8, 4) is 17.2 Å². The summed E-state index contributed by atoms with van der Waals surface area (Å²) in [7, 11) is 6.63. The first-order valence-corrected chi connectivity index (χ1v) is 9.61. The minimum Gasteiger partial charge on any atom is -0.496 e. The van der Waals surface area contributed by atoms with E-state index in [1.54, 1.807) is 40.1 Å². The Morgan fingerprint density at radius 3 is 2.19 bits per heavy atom. The number of guanidine groups is 1. The Labute approximate surface area is 165 Å². The summed E-state index contributed by atoms with van der Waals surface area (Å²) in [5, 5.41) is 6.62. The summed E-state index contributed by atoms with van der Waals surface area (Å²) < 4.78 is 16.2. The van der Waals surface area contributed by atoms with Gasteiger partial charge in [-0.15, -0.1) is 11.8 Å². The molecule has 0 spiro atoms. The molecule has 0 aliphatic heterocycles. The Morgan fingerprint density at radius 1 is 0.963 bits per heavy atom. The molecule has 0 aliphatic rings. The first-order chi connectivity index (χ1) is 13.2. The minimum absolute atomic E-state index is 0.516. The third kappa shape index (κ3) is 6.29. The number of methoxy groups -OCH3 is 3. The summed E-state index contributed by atoms with van der Waals surface area (Å²) in [6.07, 6.45) is 0. The van der Waals surface area contributed by atoms with Gasteiger partial charge in [-0.2, -0.15) is 0 Å². The van der Waals surface area contributed by atoms with E-state index in [1.165, 1.54) is 4.90 Å². The van der Waals surface area contributed by atoms with Crippen LogP contribution < -0.4 is 24.8 Å². The number of ether oxygens (including phenoxy) is 3. The second-order valence-electron chi connectivity index (χ2n) is 5.52. The number of nitrogens with one attached hydrogen (secondary N) is 2. The number of aliphatic imine (C=N–C) groups is 1. The van der Waals surface area contributed by atoms with Gasteiger partial charge in [-0.05, 0) is 12.1 Å². The molecule has 27 heavy (non-hydrogen) atoms. The summed E-state index contributed by atoms with van der Waals surface area (Å²) in [5.41, 5.74) is 0.905. The maximum Gasteiger partial charge on any atom is 0.191 e. The predicted molar refractivity (Wildman–Crippen MR) is 111 cm³/mol. The zero-order chi connectivity index (χ0) is 19.5. The molecule has 0 bridgehead atoms. The van der Waals surface area contributed by atoms with Crippen LogP contribution in [0.5, 0.6) is 17.2 Å². The van der Waals surface area contributed by atoms with Crippen molar-refractivity contribution < 1.29 is 14.2 Å². The van der Waals surface area contributed by atoms with Crippen molar-refractivity contribution in [3.63, 3.8) is 0 Å². The average molecular weight is 390 g/mol. The van der Waals surface area contributed by atoms with E-state index >= 15 is 0 Å². The first-order valence-electron chi connectivity index (χ1n) is 8.63. The van der Waals surface area contributed by atoms with Crippen molar-refractivity contribution in [2.75, 3.05) is 40.7 Å². The predicted octanol–water partition coefficient (Wildman–Crippen LogP) is 3.17. The lowest BCUT2D eigenvalue weighted by Crippen LogP contribution is -2.38. The molecule has 6 nitrogen and oxygen atoms in total. The number of benzene rings is 2. The van der Waals surface area contributed by atoms with Crippen molar-refractivity contribution in [2.24, 2.45) is 4.99 Å². The van der Waals surface area contributed by atoms with Crippen molar-refractivity contribution >= 4 is 17.7 Å². The van der Waals surface area contributed by atoms with Crippen LogP contribution in [-0.4, -0.2) is 46.6 Å². The molecule has 146 valence electrons. The molecule has 0 heterocycles. The van der Waals surface area contributed by atoms with Gasteiger partial charge in [0.05, 0.1) is 33.4 Å². The summed E-state index contributed by atoms with van der Waals surface area (Å²) in [6, 6.07) is 14.0. The van der Waals surface area contributed by atoms with Crippen molar-refractivity contribution in [2.45, 2.75) is 11.4 Å². The molecule has 0 saturated heterocycles. The van der Waals surface area contributed by atoms with Crippen LogP contribution in [0, 0.1) is 0 Å². The van der Waals surface area contributed by atoms with E-state index in [0.717, 1.165) is 23.8 Å². The quantitative estimate of drug-likeness (QED) is 0.297. The Kier molecular flexibility index (Phi) is 8.64. The molecule has 2 aromatic rings. The van der Waals surface area contributed by atoms with Gasteiger partial charge in [0.1, 0.15) is 17.2 Å². The smallest absolute Gasteiger partial charge is 0.191 e. The molecule has 0 fully saturated rings. The molecule has 2 N–H and O–H groups in total. The SMILES string of the molecule is CN=C(NCCSc1ccccc1)NCc1c(OC)cc(OC)cc1OC. The van der Waals surface area contributed by atoms with E-state index in [4.69, 9.17) is 14.2 Å². The van der Waals surface area contributed by atoms with E-state index in [9.17, 15) is 0 Å². The average Bonchev–Trinajstić information content (AvgIpc) is 2.73. The van der Waals surface area contributed by atoms with Gasteiger partial charge >= 0.3 is 0 Å². The van der Waals surface area contributed by atoms with Crippen LogP contribution in [0.1, 0.15) is 5.56 Å². The van der Waals surface area contributed by atoms with Gasteiger partial charge in [-0.25, -0.2) is 0 Å². The van der Waals surface area contributed by atoms with Crippen LogP contribution in [-0.2, 0) is 6.54 Å². The van der Waals surface area contributed by atoms with Gasteiger partial charge in [0.2, 0.25) is 0 Å². The molecular weight excluding hydrogens is 362 g/mol. The molecule has 0 saturated carbocycles. The lowest BCUT2D eigenvalue weighted by molar-refractivity contribution is 0.368. The maximum absolute atomic E-state index is 5.48. The summed E-state index contributed by atoms with van der Waals surface area (Å²) >= 11 is 1.80. The number of nitrogens with zero attached hydrogens (tertiary/aromatic N) is 1. The largest absolute Gasteiger partial charge is 0.496 e. The third-order valence-corrected chi connectivity index (χ3v) is 4.89. The van der Waals surface area contributed by atoms with E-state index in [2.05, 4.69) is 27.8 Å². The first kappa shape index (κ1) is 20.8. The number of hydrogen-bond acceptors (Lipinski definition) is 5. The Balaban J connectivity index is 1.90. The molecule has 0 aliphatic carbocycles. The minimum atomic E-state index is 0.516. The molecule has 0 atom stereocenters. The highest BCUT2D eigenvalue weighted by molar-refractivity contribution is 7.99. The molecule has 0 radical (unpaired) electrons. The second-order valence-corrected chi connectivity index (χ2v) is 6.69. The molecule has 2 aromatic carbocycles. The monoisotopic (exact) mass is 389 g/mol. The fourth-order valence-electron chi connectivity index (χ4n) is 2.50. The lowest BCUT2D eigenvalue weighted by atomic mass is 10.1.